The maximum absolute atomic E-state index is 4.02. The Bertz CT molecular complexity index is 521. The van der Waals surface area contributed by atoms with E-state index in [9.17, 15) is 0 Å². The maximum atomic E-state index is 4.02. The van der Waals surface area contributed by atoms with Crippen LogP contribution < -0.4 is 10.1 Å². The van der Waals surface area contributed by atoms with Crippen molar-refractivity contribution in [2.45, 2.75) is 41.5 Å². The number of rotatable bonds is 0. The monoisotopic (exact) mass is 568 g/mol. The van der Waals surface area contributed by atoms with E-state index in [4.69, 9.17) is 0 Å². The minimum atomic E-state index is 0. The van der Waals surface area contributed by atoms with Crippen LogP contribution in [0.1, 0.15) is 32.5 Å². The molecule has 3 rings (SSSR count). The van der Waals surface area contributed by atoms with Gasteiger partial charge in [0.15, 0.2) is 0 Å². The molecule has 0 unspecified atom stereocenters. The Labute approximate surface area is 224 Å². The van der Waals surface area contributed by atoms with E-state index in [0.29, 0.717) is 0 Å². The third-order valence-corrected chi connectivity index (χ3v) is 3.15. The first-order valence-electron chi connectivity index (χ1n) is 6.68. The Kier molecular flexibility index (Phi) is 20.9. The summed E-state index contributed by atoms with van der Waals surface area (Å²) in [6.45, 7) is 11.9. The van der Waals surface area contributed by atoms with Crippen molar-refractivity contribution in [2.24, 2.45) is 0 Å². The molecule has 0 aromatic carbocycles. The molecule has 0 saturated heterocycles. The molecule has 0 N–H and O–H groups in total. The van der Waals surface area contributed by atoms with Gasteiger partial charge in [-0.15, -0.1) is 11.9 Å². The van der Waals surface area contributed by atoms with E-state index in [2.05, 4.69) is 32.4 Å². The topological polar surface area (TPSA) is 54.0 Å². The molecule has 8 heteroatoms. The van der Waals surface area contributed by atoms with Crippen molar-refractivity contribution in [2.75, 3.05) is 0 Å². The second-order valence-electron chi connectivity index (χ2n) is 4.82. The van der Waals surface area contributed by atoms with Gasteiger partial charge in [0.25, 0.3) is 0 Å². The third-order valence-electron chi connectivity index (χ3n) is 2.36. The van der Waals surface area contributed by atoms with Crippen LogP contribution in [0.2, 0.25) is 0 Å². The molecular weight excluding hydrogens is 547 g/mol. The molecule has 24 heavy (non-hydrogen) atoms. The summed E-state index contributed by atoms with van der Waals surface area (Å²) in [5.74, 6) is 0. The first-order chi connectivity index (χ1) is 9.86. The number of nitrogens with zero attached hydrogens (tertiary/aromatic N) is 4. The molecule has 3 aromatic heterocycles. The molecule has 123 valence electrons. The van der Waals surface area contributed by atoms with Crippen LogP contribution in [0.3, 0.4) is 0 Å². The van der Waals surface area contributed by atoms with Crippen LogP contribution in [-0.4, -0.2) is 10.1 Å². The minimum absolute atomic E-state index is 0. The zero-order chi connectivity index (χ0) is 15.8. The third kappa shape index (κ3) is 14.6. The summed E-state index contributed by atoms with van der Waals surface area (Å²) in [4.78, 5) is 9.09. The maximum Gasteiger partial charge on any atom is 0.0131 e. The summed E-state index contributed by atoms with van der Waals surface area (Å²) in [5, 5.41) is 8.63. The molecule has 0 aliphatic heterocycles. The molecule has 0 aliphatic rings. The van der Waals surface area contributed by atoms with Crippen LogP contribution in [0.4, 0.5) is 0 Å². The van der Waals surface area contributed by atoms with E-state index >= 15 is 0 Å². The molecule has 0 atom stereocenters. The number of hydrogen-bond donors (Lipinski definition) is 0. The normalized spacial score (nSPS) is 8.25. The Balaban J connectivity index is -0.000000259. The summed E-state index contributed by atoms with van der Waals surface area (Å²) in [6, 6.07) is 4.00. The van der Waals surface area contributed by atoms with Gasteiger partial charge in [0.05, 0.1) is 0 Å². The molecule has 3 heterocycles. The van der Waals surface area contributed by atoms with Gasteiger partial charge in [-0.2, -0.15) is 11.9 Å². The Morgan fingerprint density at radius 3 is 1.67 bits per heavy atom. The second kappa shape index (κ2) is 16.6. The summed E-state index contributed by atoms with van der Waals surface area (Å²) >= 11 is 1.68. The van der Waals surface area contributed by atoms with E-state index < -0.39 is 0 Å². The van der Waals surface area contributed by atoms with Crippen LogP contribution in [0.5, 0.6) is 0 Å². The zero-order valence-corrected chi connectivity index (χ0v) is 24.5. The van der Waals surface area contributed by atoms with Crippen molar-refractivity contribution in [3.63, 3.8) is 0 Å². The van der Waals surface area contributed by atoms with Gasteiger partial charge in [0, 0.05) is 104 Å². The van der Waals surface area contributed by atoms with Crippen LogP contribution in [0, 0.1) is 47.7 Å². The molecule has 0 spiro atoms. The van der Waals surface area contributed by atoms with Crippen molar-refractivity contribution in [3.8, 4) is 0 Å². The molecule has 0 fully saturated rings. The van der Waals surface area contributed by atoms with E-state index in [1.54, 1.807) is 11.3 Å². The molecule has 0 aliphatic carbocycles. The molecule has 0 bridgehead atoms. The van der Waals surface area contributed by atoms with Crippen molar-refractivity contribution < 1.29 is 98.1 Å². The van der Waals surface area contributed by atoms with Crippen molar-refractivity contribution >= 4 is 11.3 Å². The fourth-order valence-electron chi connectivity index (χ4n) is 1.55. The van der Waals surface area contributed by atoms with Gasteiger partial charge in [-0.1, -0.05) is 48.4 Å². The molecule has 0 amide bonds. The first kappa shape index (κ1) is 30.2. The van der Waals surface area contributed by atoms with Gasteiger partial charge in [-0.25, -0.2) is 11.3 Å². The fourth-order valence-corrected chi connectivity index (χ4v) is 2.18. The second-order valence-corrected chi connectivity index (χ2v) is 6.22. The summed E-state index contributed by atoms with van der Waals surface area (Å²) in [6.07, 6.45) is 4.71. The van der Waals surface area contributed by atoms with Crippen molar-refractivity contribution in [1.82, 2.24) is 20.2 Å². The van der Waals surface area contributed by atoms with E-state index in [-0.39, 0.29) is 98.1 Å². The molecule has 3 aromatic rings. The van der Waals surface area contributed by atoms with Crippen LogP contribution in [0.25, 0.3) is 0 Å². The van der Waals surface area contributed by atoms with Gasteiger partial charge in [0.2, 0.25) is 0 Å². The van der Waals surface area contributed by atoms with E-state index in [1.165, 1.54) is 5.56 Å². The van der Waals surface area contributed by atoms with Crippen LogP contribution >= 0.6 is 11.3 Å². The standard InChI is InChI=1S/C6H8N.C5H7N2.C5H6NS.3Y/c1-5-3-6(2)7-4-5;1-4-3-5(2)7-6-4;1-4-3-6-5(2)7-4;;;/h3-4H,1-2H3;3H,1-2H3;1-2H3;;;/q3*-1;;;. The predicted octanol–water partition coefficient (Wildman–Crippen LogP) is 3.47. The van der Waals surface area contributed by atoms with E-state index in [1.807, 2.05) is 53.8 Å². The number of aryl methyl sites for hydroxylation is 6. The number of aromatic nitrogens is 4. The van der Waals surface area contributed by atoms with Gasteiger partial charge in [0.1, 0.15) is 0 Å². The number of thiazole rings is 1. The summed E-state index contributed by atoms with van der Waals surface area (Å²) in [5.41, 5.74) is 4.35. The molecule has 0 saturated carbocycles. The zero-order valence-electron chi connectivity index (χ0n) is 15.2. The summed E-state index contributed by atoms with van der Waals surface area (Å²) < 4.78 is 0. The van der Waals surface area contributed by atoms with Crippen LogP contribution in [0.15, 0.2) is 18.3 Å². The fraction of sp³-hybridized carbons (Fsp3) is 0.375. The smallest absolute Gasteiger partial charge is 0.0131 e. The van der Waals surface area contributed by atoms with Crippen molar-refractivity contribution in [3.05, 3.63) is 57.1 Å². The Morgan fingerprint density at radius 2 is 1.54 bits per heavy atom. The average Bonchev–Trinajstić information content (AvgIpc) is 3.06. The van der Waals surface area contributed by atoms with Gasteiger partial charge >= 0.3 is 0 Å². The number of hydrogen-bond acceptors (Lipinski definition) is 3. The molecule has 3 radical (unpaired) electrons. The van der Waals surface area contributed by atoms with Gasteiger partial charge in [-0.05, 0) is 20.8 Å². The first-order valence-corrected chi connectivity index (χ1v) is 7.49. The minimum Gasteiger partial charge on any atom is -0.668 e. The summed E-state index contributed by atoms with van der Waals surface area (Å²) in [7, 11) is 0. The average molecular weight is 568 g/mol. The molecular formula is C16H21N4SY3-3. The van der Waals surface area contributed by atoms with Gasteiger partial charge in [-0.3, -0.25) is 0 Å². The Morgan fingerprint density at radius 1 is 0.917 bits per heavy atom. The van der Waals surface area contributed by atoms with Gasteiger partial charge < -0.3 is 20.2 Å². The quantitative estimate of drug-likeness (QED) is 0.391. The predicted molar refractivity (Wildman–Crippen MR) is 86.7 cm³/mol. The van der Waals surface area contributed by atoms with Crippen molar-refractivity contribution in [1.29, 1.82) is 0 Å². The van der Waals surface area contributed by atoms with Crippen LogP contribution in [-0.2, 0) is 98.1 Å². The SMILES string of the molecule is Cc1[c-]nc(C)s1.Cc1c[n-]c(C)c1.Cc1cc(C)[n-]n1.[Y].[Y].[Y]. The Hall–Kier alpha value is 1.43. The largest absolute Gasteiger partial charge is 0.668 e. The van der Waals surface area contributed by atoms with E-state index in [0.717, 1.165) is 27.0 Å². The molecule has 4 nitrogen and oxygen atoms in total.